The van der Waals surface area contributed by atoms with Crippen molar-refractivity contribution in [3.63, 3.8) is 0 Å². The summed E-state index contributed by atoms with van der Waals surface area (Å²) in [6.45, 7) is 3.10. The van der Waals surface area contributed by atoms with E-state index >= 15 is 0 Å². The van der Waals surface area contributed by atoms with Gasteiger partial charge in [0.25, 0.3) is 0 Å². The summed E-state index contributed by atoms with van der Waals surface area (Å²) in [6, 6.07) is 12.7. The second-order valence-corrected chi connectivity index (χ2v) is 11.9. The summed E-state index contributed by atoms with van der Waals surface area (Å²) in [5.41, 5.74) is 8.39. The molecular weight excluding hydrogens is 577 g/mol. The van der Waals surface area contributed by atoms with E-state index in [9.17, 15) is 14.4 Å². The molecule has 8 nitrogen and oxygen atoms in total. The molecule has 2 fully saturated rings. The number of ketones is 1. The number of methoxy groups -OCH3 is 1. The van der Waals surface area contributed by atoms with Crippen LogP contribution in [0.5, 0.6) is 5.75 Å². The first-order valence-electron chi connectivity index (χ1n) is 14.8. The number of Topliss-reactive ketones (excluding diaryl/α,β-unsaturated/α-hetero) is 1. The number of carbonyl (C=O) groups is 3. The average molecular weight is 619 g/mol. The molecule has 4 rings (SSSR count). The molecule has 4 atom stereocenters. The van der Waals surface area contributed by atoms with E-state index in [1.54, 1.807) is 24.0 Å². The van der Waals surface area contributed by atoms with E-state index in [1.807, 2.05) is 18.2 Å². The van der Waals surface area contributed by atoms with Crippen LogP contribution in [0.15, 0.2) is 42.5 Å². The molecule has 0 bridgehead atoms. The maximum atomic E-state index is 14.1. The smallest absolute Gasteiger partial charge is 0.305 e. The van der Waals surface area contributed by atoms with E-state index in [0.717, 1.165) is 24.8 Å². The third kappa shape index (κ3) is 7.84. The molecule has 2 N–H and O–H groups in total. The molecule has 2 aliphatic rings. The SMILES string of the molecule is CCOC(=O)CC[C@H](C(=O)CCc1ccc(Cl)c(Cl)c1OC)N1CCC(CCc2ccccc2)N2C[C@H](N)C[C@H]2C1=O. The van der Waals surface area contributed by atoms with E-state index in [0.29, 0.717) is 41.7 Å². The van der Waals surface area contributed by atoms with Crippen molar-refractivity contribution >= 4 is 40.9 Å². The summed E-state index contributed by atoms with van der Waals surface area (Å²) in [6.07, 6.45) is 3.84. The van der Waals surface area contributed by atoms with Gasteiger partial charge >= 0.3 is 5.97 Å². The fraction of sp³-hybridized carbons (Fsp3) is 0.531. The van der Waals surface area contributed by atoms with Crippen LogP contribution in [-0.4, -0.2) is 78.4 Å². The van der Waals surface area contributed by atoms with E-state index < -0.39 is 6.04 Å². The van der Waals surface area contributed by atoms with E-state index in [1.165, 1.54) is 12.7 Å². The van der Waals surface area contributed by atoms with Gasteiger partial charge in [0.15, 0.2) is 5.78 Å². The third-order valence-corrected chi connectivity index (χ3v) is 9.16. The predicted octanol–water partition coefficient (Wildman–Crippen LogP) is 4.85. The molecule has 2 aromatic carbocycles. The largest absolute Gasteiger partial charge is 0.495 e. The zero-order valence-electron chi connectivity index (χ0n) is 24.4. The molecule has 0 saturated carbocycles. The van der Waals surface area contributed by atoms with Crippen molar-refractivity contribution in [2.24, 2.45) is 5.73 Å². The first-order chi connectivity index (χ1) is 20.2. The molecule has 0 aromatic heterocycles. The molecule has 42 heavy (non-hydrogen) atoms. The van der Waals surface area contributed by atoms with Gasteiger partial charge in [-0.2, -0.15) is 0 Å². The Labute approximate surface area is 258 Å². The van der Waals surface area contributed by atoms with Gasteiger partial charge in [0.05, 0.1) is 30.8 Å². The van der Waals surface area contributed by atoms with Crippen molar-refractivity contribution in [1.29, 1.82) is 0 Å². The molecule has 0 aliphatic carbocycles. The Bertz CT molecular complexity index is 1240. The van der Waals surface area contributed by atoms with Crippen LogP contribution in [0.2, 0.25) is 10.0 Å². The van der Waals surface area contributed by atoms with Crippen molar-refractivity contribution in [1.82, 2.24) is 9.80 Å². The van der Waals surface area contributed by atoms with Gasteiger partial charge < -0.3 is 20.1 Å². The van der Waals surface area contributed by atoms with E-state index in [4.69, 9.17) is 38.4 Å². The second-order valence-electron chi connectivity index (χ2n) is 11.1. The molecule has 228 valence electrons. The number of hydrogen-bond donors (Lipinski definition) is 1. The minimum atomic E-state index is -0.748. The van der Waals surface area contributed by atoms with Gasteiger partial charge in [-0.15, -0.1) is 0 Å². The zero-order chi connectivity index (χ0) is 30.2. The minimum Gasteiger partial charge on any atom is -0.495 e. The Morgan fingerprint density at radius 1 is 1.10 bits per heavy atom. The van der Waals surface area contributed by atoms with Gasteiger partial charge in [-0.1, -0.05) is 59.6 Å². The lowest BCUT2D eigenvalue weighted by atomic mass is 9.97. The molecule has 1 amide bonds. The molecule has 2 aliphatic heterocycles. The van der Waals surface area contributed by atoms with Crippen molar-refractivity contribution in [3.05, 3.63) is 63.6 Å². The van der Waals surface area contributed by atoms with Crippen molar-refractivity contribution in [2.75, 3.05) is 26.8 Å². The fourth-order valence-corrected chi connectivity index (χ4v) is 6.70. The van der Waals surface area contributed by atoms with Crippen molar-refractivity contribution in [3.8, 4) is 5.75 Å². The lowest BCUT2D eigenvalue weighted by Gasteiger charge is -2.32. The van der Waals surface area contributed by atoms with Crippen LogP contribution in [0.4, 0.5) is 0 Å². The summed E-state index contributed by atoms with van der Waals surface area (Å²) in [5, 5.41) is 0.664. The number of aryl methyl sites for hydroxylation is 2. The standard InChI is InChI=1S/C32H41Cl2N3O5/c1-3-42-29(39)16-14-26(28(38)15-11-22-10-13-25(33)30(34)31(22)41-2)36-18-17-24(12-9-21-7-5-4-6-8-21)37-20-23(35)19-27(37)32(36)40/h4-8,10,13,23-24,26-27H,3,9,11-12,14-20,35H2,1-2H3/t23-,24?,26-,27+/m1/s1. The van der Waals surface area contributed by atoms with E-state index in [-0.39, 0.29) is 61.7 Å². The topological polar surface area (TPSA) is 102 Å². The minimum absolute atomic E-state index is 0.0510. The maximum Gasteiger partial charge on any atom is 0.305 e. The number of hydrogen-bond acceptors (Lipinski definition) is 7. The van der Waals surface area contributed by atoms with Crippen LogP contribution in [0.25, 0.3) is 0 Å². The summed E-state index contributed by atoms with van der Waals surface area (Å²) in [4.78, 5) is 44.2. The highest BCUT2D eigenvalue weighted by atomic mass is 35.5. The number of rotatable bonds is 13. The molecule has 2 aromatic rings. The molecule has 0 spiro atoms. The lowest BCUT2D eigenvalue weighted by molar-refractivity contribution is -0.146. The first kappa shape index (κ1) is 32.3. The van der Waals surface area contributed by atoms with Gasteiger partial charge in [0.2, 0.25) is 5.91 Å². The van der Waals surface area contributed by atoms with Crippen LogP contribution < -0.4 is 10.5 Å². The summed E-state index contributed by atoms with van der Waals surface area (Å²) in [7, 11) is 1.51. The predicted molar refractivity (Wildman–Crippen MR) is 164 cm³/mol. The Balaban J connectivity index is 1.54. The number of fused-ring (bicyclic) bond motifs is 1. The molecule has 2 heterocycles. The maximum absolute atomic E-state index is 14.1. The Morgan fingerprint density at radius 3 is 2.57 bits per heavy atom. The van der Waals surface area contributed by atoms with Gasteiger partial charge in [-0.05, 0) is 62.6 Å². The number of amides is 1. The average Bonchev–Trinajstić information content (AvgIpc) is 3.33. The van der Waals surface area contributed by atoms with Crippen LogP contribution in [-0.2, 0) is 32.0 Å². The summed E-state index contributed by atoms with van der Waals surface area (Å²) >= 11 is 12.5. The van der Waals surface area contributed by atoms with Crippen LogP contribution in [0, 0.1) is 0 Å². The summed E-state index contributed by atoms with van der Waals surface area (Å²) < 4.78 is 10.6. The molecule has 1 unspecified atom stereocenters. The number of esters is 1. The van der Waals surface area contributed by atoms with Gasteiger partial charge in [-0.25, -0.2) is 0 Å². The number of halogens is 2. The summed E-state index contributed by atoms with van der Waals surface area (Å²) in [5.74, 6) is -0.145. The number of benzene rings is 2. The number of nitrogens with zero attached hydrogens (tertiary/aromatic N) is 2. The van der Waals surface area contributed by atoms with Gasteiger partial charge in [0, 0.05) is 38.0 Å². The molecule has 2 saturated heterocycles. The lowest BCUT2D eigenvalue weighted by Crippen LogP contribution is -2.50. The molecular formula is C32H41Cl2N3O5. The van der Waals surface area contributed by atoms with E-state index in [2.05, 4.69) is 17.0 Å². The van der Waals surface area contributed by atoms with Crippen molar-refractivity contribution in [2.45, 2.75) is 82.5 Å². The molecule has 0 radical (unpaired) electrons. The first-order valence-corrected chi connectivity index (χ1v) is 15.5. The van der Waals surface area contributed by atoms with Crippen molar-refractivity contribution < 1.29 is 23.9 Å². The Morgan fingerprint density at radius 2 is 1.86 bits per heavy atom. The van der Waals surface area contributed by atoms with Gasteiger partial charge in [0.1, 0.15) is 10.8 Å². The fourth-order valence-electron chi connectivity index (χ4n) is 6.29. The third-order valence-electron chi connectivity index (χ3n) is 8.37. The van der Waals surface area contributed by atoms with Crippen LogP contribution >= 0.6 is 23.2 Å². The van der Waals surface area contributed by atoms with Crippen LogP contribution in [0.3, 0.4) is 0 Å². The number of nitrogens with two attached hydrogens (primary N) is 1. The van der Waals surface area contributed by atoms with Crippen LogP contribution in [0.1, 0.15) is 56.6 Å². The number of carbonyl (C=O) groups excluding carboxylic acids is 3. The second kappa shape index (κ2) is 15.2. The highest BCUT2D eigenvalue weighted by Crippen LogP contribution is 2.36. The highest BCUT2D eigenvalue weighted by molar-refractivity contribution is 6.43. The molecule has 10 heteroatoms. The Hall–Kier alpha value is -2.65. The Kier molecular flexibility index (Phi) is 11.7. The monoisotopic (exact) mass is 617 g/mol. The quantitative estimate of drug-likeness (QED) is 0.320. The zero-order valence-corrected chi connectivity index (χ0v) is 25.9. The number of ether oxygens (including phenoxy) is 2. The van der Waals surface area contributed by atoms with Gasteiger partial charge in [-0.3, -0.25) is 19.3 Å². The normalized spacial score (nSPS) is 21.5. The highest BCUT2D eigenvalue weighted by Gasteiger charge is 2.45.